The van der Waals surface area contributed by atoms with Gasteiger partial charge in [0.1, 0.15) is 0 Å². The first kappa shape index (κ1) is 20.0. The van der Waals surface area contributed by atoms with Gasteiger partial charge in [0.25, 0.3) is 5.91 Å². The Kier molecular flexibility index (Phi) is 5.67. The number of sulfonamides is 1. The second kappa shape index (κ2) is 8.22. The third kappa shape index (κ3) is 4.49. The van der Waals surface area contributed by atoms with Gasteiger partial charge in [-0.2, -0.15) is 0 Å². The van der Waals surface area contributed by atoms with E-state index >= 15 is 0 Å². The summed E-state index contributed by atoms with van der Waals surface area (Å²) in [4.78, 5) is 18.9. The first-order chi connectivity index (χ1) is 13.9. The van der Waals surface area contributed by atoms with E-state index in [0.29, 0.717) is 38.2 Å². The van der Waals surface area contributed by atoms with Crippen molar-refractivity contribution in [2.24, 2.45) is 0 Å². The van der Waals surface area contributed by atoms with Crippen LogP contribution in [0.2, 0.25) is 0 Å². The number of ether oxygens (including phenoxy) is 1. The zero-order valence-electron chi connectivity index (χ0n) is 16.4. The van der Waals surface area contributed by atoms with E-state index in [-0.39, 0.29) is 16.9 Å². The molecule has 1 unspecified atom stereocenters. The summed E-state index contributed by atoms with van der Waals surface area (Å²) < 4.78 is 33.4. The van der Waals surface area contributed by atoms with Crippen LogP contribution in [0.4, 0.5) is 0 Å². The van der Waals surface area contributed by atoms with Crippen molar-refractivity contribution in [3.63, 3.8) is 0 Å². The molecule has 0 radical (unpaired) electrons. The predicted octanol–water partition coefficient (Wildman–Crippen LogP) is 2.05. The maximum Gasteiger partial charge on any atom is 0.255 e. The second-order valence-electron chi connectivity index (χ2n) is 7.65. The molecule has 0 saturated carbocycles. The molecule has 1 fully saturated rings. The van der Waals surface area contributed by atoms with E-state index in [1.54, 1.807) is 29.4 Å². The van der Waals surface area contributed by atoms with Gasteiger partial charge in [0, 0.05) is 38.6 Å². The lowest BCUT2D eigenvalue weighted by molar-refractivity contribution is 0.0734. The van der Waals surface area contributed by atoms with Crippen LogP contribution in [0, 0.1) is 6.92 Å². The number of nitrogens with one attached hydrogen (secondary N) is 1. The molecule has 1 aromatic carbocycles. The summed E-state index contributed by atoms with van der Waals surface area (Å²) in [6, 6.07) is 6.98. The predicted molar refractivity (Wildman–Crippen MR) is 108 cm³/mol. The van der Waals surface area contributed by atoms with Gasteiger partial charge >= 0.3 is 0 Å². The highest BCUT2D eigenvalue weighted by Crippen LogP contribution is 2.24. The van der Waals surface area contributed by atoms with Crippen LogP contribution in [0.3, 0.4) is 0 Å². The highest BCUT2D eigenvalue weighted by molar-refractivity contribution is 7.89. The molecule has 154 valence electrons. The van der Waals surface area contributed by atoms with Crippen molar-refractivity contribution in [1.82, 2.24) is 14.6 Å². The van der Waals surface area contributed by atoms with Crippen molar-refractivity contribution in [2.75, 3.05) is 19.7 Å². The number of hydrogen-bond donors (Lipinski definition) is 1. The van der Waals surface area contributed by atoms with Gasteiger partial charge in [-0.1, -0.05) is 6.07 Å². The molecule has 1 amide bonds. The molecule has 1 atom stereocenters. The molecule has 1 aromatic heterocycles. The summed E-state index contributed by atoms with van der Waals surface area (Å²) in [5.74, 6) is -0.0539. The number of fused-ring (bicyclic) bond motifs is 1. The van der Waals surface area contributed by atoms with E-state index in [9.17, 15) is 13.2 Å². The lowest BCUT2D eigenvalue weighted by Gasteiger charge is -2.29. The molecular formula is C21H25N3O4S. The quantitative estimate of drug-likeness (QED) is 0.807. The molecule has 3 heterocycles. The van der Waals surface area contributed by atoms with Crippen molar-refractivity contribution in [3.8, 4) is 0 Å². The third-order valence-corrected chi connectivity index (χ3v) is 6.86. The number of nitrogens with zero attached hydrogens (tertiary/aromatic N) is 2. The van der Waals surface area contributed by atoms with Crippen molar-refractivity contribution in [1.29, 1.82) is 0 Å². The molecule has 8 heteroatoms. The Labute approximate surface area is 171 Å². The average Bonchev–Trinajstić information content (AvgIpc) is 3.25. The van der Waals surface area contributed by atoms with Crippen LogP contribution in [0.25, 0.3) is 0 Å². The Morgan fingerprint density at radius 3 is 2.90 bits per heavy atom. The maximum atomic E-state index is 12.8. The number of hydrogen-bond acceptors (Lipinski definition) is 5. The van der Waals surface area contributed by atoms with E-state index in [4.69, 9.17) is 4.74 Å². The largest absolute Gasteiger partial charge is 0.377 e. The van der Waals surface area contributed by atoms with Gasteiger partial charge in [-0.3, -0.25) is 9.78 Å². The van der Waals surface area contributed by atoms with Crippen molar-refractivity contribution >= 4 is 15.9 Å². The molecule has 0 aliphatic carbocycles. The molecule has 7 nitrogen and oxygen atoms in total. The first-order valence-electron chi connectivity index (χ1n) is 9.86. The van der Waals surface area contributed by atoms with E-state index in [1.165, 1.54) is 0 Å². The number of carbonyl (C=O) groups excluding carboxylic acids is 1. The highest BCUT2D eigenvalue weighted by Gasteiger charge is 2.25. The fourth-order valence-corrected chi connectivity index (χ4v) is 4.93. The van der Waals surface area contributed by atoms with Crippen molar-refractivity contribution in [3.05, 3.63) is 58.9 Å². The van der Waals surface area contributed by atoms with E-state index in [2.05, 4.69) is 9.71 Å². The monoisotopic (exact) mass is 415 g/mol. The number of aryl methyl sites for hydroxylation is 1. The summed E-state index contributed by atoms with van der Waals surface area (Å²) in [7, 11) is -3.58. The fraction of sp³-hybridized carbons (Fsp3) is 0.429. The number of rotatable bonds is 5. The minimum atomic E-state index is -3.58. The Balaban J connectivity index is 1.46. The van der Waals surface area contributed by atoms with Crippen LogP contribution >= 0.6 is 0 Å². The van der Waals surface area contributed by atoms with Crippen LogP contribution in [0.1, 0.15) is 39.9 Å². The molecule has 2 aromatic rings. The normalized spacial score (nSPS) is 19.2. The molecule has 2 aliphatic rings. The molecule has 0 bridgehead atoms. The lowest BCUT2D eigenvalue weighted by Crippen LogP contribution is -2.36. The van der Waals surface area contributed by atoms with Crippen LogP contribution in [-0.2, 0) is 27.7 Å². The Morgan fingerprint density at radius 2 is 2.14 bits per heavy atom. The Hall–Kier alpha value is -2.29. The highest BCUT2D eigenvalue weighted by atomic mass is 32.2. The summed E-state index contributed by atoms with van der Waals surface area (Å²) >= 11 is 0. The van der Waals surface area contributed by atoms with Gasteiger partial charge in [0.15, 0.2) is 0 Å². The SMILES string of the molecule is Cc1cncc(C(=O)N2CCc3cc(S(=O)(=O)NCC4CCCO4)ccc3C2)c1. The second-order valence-corrected chi connectivity index (χ2v) is 9.41. The van der Waals surface area contributed by atoms with Gasteiger partial charge in [-0.15, -0.1) is 0 Å². The van der Waals surface area contributed by atoms with E-state index in [1.807, 2.05) is 19.1 Å². The number of benzene rings is 1. The number of amides is 1. The minimum Gasteiger partial charge on any atom is -0.377 e. The van der Waals surface area contributed by atoms with Gasteiger partial charge in [0.2, 0.25) is 10.0 Å². The number of pyridine rings is 1. The Morgan fingerprint density at radius 1 is 1.28 bits per heavy atom. The van der Waals surface area contributed by atoms with Gasteiger partial charge in [-0.05, 0) is 61.1 Å². The first-order valence-corrected chi connectivity index (χ1v) is 11.3. The number of carbonyl (C=O) groups is 1. The van der Waals surface area contributed by atoms with E-state index < -0.39 is 10.0 Å². The van der Waals surface area contributed by atoms with Gasteiger partial charge in [0.05, 0.1) is 16.6 Å². The van der Waals surface area contributed by atoms with Crippen LogP contribution in [0.5, 0.6) is 0 Å². The van der Waals surface area contributed by atoms with Crippen LogP contribution < -0.4 is 4.72 Å². The number of aromatic nitrogens is 1. The van der Waals surface area contributed by atoms with E-state index in [0.717, 1.165) is 29.5 Å². The summed E-state index contributed by atoms with van der Waals surface area (Å²) in [6.45, 7) is 3.91. The molecular weight excluding hydrogens is 390 g/mol. The average molecular weight is 416 g/mol. The minimum absolute atomic E-state index is 0.0434. The lowest BCUT2D eigenvalue weighted by atomic mass is 9.99. The zero-order valence-corrected chi connectivity index (χ0v) is 17.2. The van der Waals surface area contributed by atoms with Crippen LogP contribution in [0.15, 0.2) is 41.6 Å². The molecule has 1 N–H and O–H groups in total. The summed E-state index contributed by atoms with van der Waals surface area (Å²) in [6.07, 6.45) is 5.73. The van der Waals surface area contributed by atoms with Gasteiger partial charge in [-0.25, -0.2) is 13.1 Å². The maximum absolute atomic E-state index is 12.8. The zero-order chi connectivity index (χ0) is 20.4. The topological polar surface area (TPSA) is 88.6 Å². The van der Waals surface area contributed by atoms with Crippen molar-refractivity contribution < 1.29 is 17.9 Å². The smallest absolute Gasteiger partial charge is 0.255 e. The fourth-order valence-electron chi connectivity index (χ4n) is 3.82. The molecule has 0 spiro atoms. The molecule has 4 rings (SSSR count). The van der Waals surface area contributed by atoms with Gasteiger partial charge < -0.3 is 9.64 Å². The summed E-state index contributed by atoms with van der Waals surface area (Å²) in [5, 5.41) is 0. The molecule has 1 saturated heterocycles. The summed E-state index contributed by atoms with van der Waals surface area (Å²) in [5.41, 5.74) is 3.46. The molecule has 2 aliphatic heterocycles. The standard InChI is InChI=1S/C21H25N3O4S/c1-15-9-18(12-22-11-15)21(25)24-7-6-16-10-20(5-4-17(16)14-24)29(26,27)23-13-19-3-2-8-28-19/h4-5,9-12,19,23H,2-3,6-8,13-14H2,1H3. The molecule has 29 heavy (non-hydrogen) atoms. The third-order valence-electron chi connectivity index (χ3n) is 5.43. The van der Waals surface area contributed by atoms with Crippen LogP contribution in [-0.4, -0.2) is 50.0 Å². The Bertz CT molecular complexity index is 1020. The van der Waals surface area contributed by atoms with Crippen molar-refractivity contribution in [2.45, 2.75) is 43.7 Å².